The summed E-state index contributed by atoms with van der Waals surface area (Å²) in [6.07, 6.45) is 0. The van der Waals surface area contributed by atoms with Crippen LogP contribution in [0.4, 0.5) is 0 Å². The van der Waals surface area contributed by atoms with Crippen molar-refractivity contribution in [1.29, 1.82) is 0 Å². The van der Waals surface area contributed by atoms with Crippen LogP contribution in [0.2, 0.25) is 5.02 Å². The third-order valence-electron chi connectivity index (χ3n) is 3.17. The highest BCUT2D eigenvalue weighted by Crippen LogP contribution is 2.40. The van der Waals surface area contributed by atoms with Gasteiger partial charge in [-0.15, -0.1) is 0 Å². The zero-order valence-corrected chi connectivity index (χ0v) is 13.3. The summed E-state index contributed by atoms with van der Waals surface area (Å²) in [7, 11) is -1.83. The van der Waals surface area contributed by atoms with Gasteiger partial charge in [0.05, 0.1) is 5.02 Å². The quantitative estimate of drug-likeness (QED) is 0.638. The molecule has 3 N–H and O–H groups in total. The van der Waals surface area contributed by atoms with Crippen molar-refractivity contribution in [2.45, 2.75) is 16.7 Å². The summed E-state index contributed by atoms with van der Waals surface area (Å²) in [5.41, 5.74) is 2.02. The first-order valence-corrected chi connectivity index (χ1v) is 7.81. The Labute approximate surface area is 137 Å². The normalized spacial score (nSPS) is 10.9. The maximum atomic E-state index is 8.88. The molecule has 0 saturated carbocycles. The summed E-state index contributed by atoms with van der Waals surface area (Å²) in [5.74, 6) is 0.392. The van der Waals surface area contributed by atoms with E-state index in [2.05, 4.69) is 4.98 Å². The van der Waals surface area contributed by atoms with Crippen LogP contribution in [0.25, 0.3) is 10.9 Å². The Kier molecular flexibility index (Phi) is 4.36. The minimum Gasteiger partial charge on any atom is -0.512 e. The predicted octanol–water partition coefficient (Wildman–Crippen LogP) is 3.63. The third kappa shape index (κ3) is 3.10. The smallest absolute Gasteiger partial charge is 0.512 e. The van der Waals surface area contributed by atoms with Crippen LogP contribution in [-0.2, 0) is 0 Å². The molecule has 0 atom stereocenters. The van der Waals surface area contributed by atoms with Crippen LogP contribution in [0.1, 0.15) is 5.69 Å². The van der Waals surface area contributed by atoms with Gasteiger partial charge in [-0.25, -0.2) is 0 Å². The number of aromatic nitrogens is 1. The molecule has 0 saturated heterocycles. The molecule has 0 aliphatic carbocycles. The maximum Gasteiger partial charge on any atom is 0.707 e. The van der Waals surface area contributed by atoms with E-state index in [1.165, 1.54) is 0 Å². The van der Waals surface area contributed by atoms with Crippen molar-refractivity contribution in [3.8, 4) is 5.75 Å². The van der Waals surface area contributed by atoms with Gasteiger partial charge in [0.25, 0.3) is 0 Å². The topological polar surface area (TPSA) is 65.5 Å². The molecular formula is C15H13BClNO3S. The van der Waals surface area contributed by atoms with Gasteiger partial charge >= 0.3 is 7.32 Å². The van der Waals surface area contributed by atoms with E-state index < -0.39 is 7.32 Å². The molecule has 1 aromatic heterocycles. The van der Waals surface area contributed by atoms with Crippen molar-refractivity contribution < 1.29 is 14.7 Å². The Bertz CT molecular complexity index is 822. The molecule has 0 aliphatic rings. The Morgan fingerprint density at radius 2 is 1.95 bits per heavy atom. The molecule has 3 rings (SSSR count). The van der Waals surface area contributed by atoms with Crippen molar-refractivity contribution in [2.75, 3.05) is 0 Å². The zero-order valence-electron chi connectivity index (χ0n) is 11.7. The Balaban J connectivity index is 1.98. The van der Waals surface area contributed by atoms with Crippen molar-refractivity contribution in [3.05, 3.63) is 53.2 Å². The van der Waals surface area contributed by atoms with Crippen LogP contribution in [0.5, 0.6) is 5.75 Å². The zero-order chi connectivity index (χ0) is 15.7. The molecule has 22 heavy (non-hydrogen) atoms. The van der Waals surface area contributed by atoms with Crippen LogP contribution in [0.15, 0.2) is 52.3 Å². The van der Waals surface area contributed by atoms with Gasteiger partial charge in [-0.1, -0.05) is 35.5 Å². The Hall–Kier alpha value is -1.60. The summed E-state index contributed by atoms with van der Waals surface area (Å²) < 4.78 is 4.88. The van der Waals surface area contributed by atoms with Crippen molar-refractivity contribution in [2.24, 2.45) is 0 Å². The monoisotopic (exact) mass is 333 g/mol. The molecule has 0 bridgehead atoms. The highest BCUT2D eigenvalue weighted by atomic mass is 35.5. The van der Waals surface area contributed by atoms with E-state index in [-0.39, 0.29) is 0 Å². The number of halogens is 1. The lowest BCUT2D eigenvalue weighted by Crippen LogP contribution is -2.20. The molecule has 7 heteroatoms. The molecule has 0 amide bonds. The number of aromatic amines is 1. The average molecular weight is 334 g/mol. The van der Waals surface area contributed by atoms with Gasteiger partial charge in [0, 0.05) is 26.4 Å². The molecule has 0 aliphatic heterocycles. The lowest BCUT2D eigenvalue weighted by atomic mass is 10.2. The lowest BCUT2D eigenvalue weighted by molar-refractivity contribution is 0.288. The van der Waals surface area contributed by atoms with Crippen molar-refractivity contribution in [3.63, 3.8) is 0 Å². The average Bonchev–Trinajstić information content (AvgIpc) is 2.76. The van der Waals surface area contributed by atoms with Crippen LogP contribution >= 0.6 is 23.4 Å². The van der Waals surface area contributed by atoms with E-state index >= 15 is 0 Å². The predicted molar refractivity (Wildman–Crippen MR) is 89.4 cm³/mol. The molecular weight excluding hydrogens is 321 g/mol. The van der Waals surface area contributed by atoms with Crippen molar-refractivity contribution >= 4 is 41.6 Å². The third-order valence-corrected chi connectivity index (χ3v) is 4.69. The minimum atomic E-state index is -1.83. The minimum absolute atomic E-state index is 0.392. The maximum absolute atomic E-state index is 8.88. The number of rotatable bonds is 4. The fraction of sp³-hybridized carbons (Fsp3) is 0.0667. The van der Waals surface area contributed by atoms with Gasteiger partial charge in [0.15, 0.2) is 0 Å². The molecule has 1 heterocycles. The molecule has 4 nitrogen and oxygen atoms in total. The van der Waals surface area contributed by atoms with E-state index in [9.17, 15) is 0 Å². The SMILES string of the molecule is Cc1[nH]c2cccc(Cl)c2c1Sc1cccc(OB(O)O)c1. The van der Waals surface area contributed by atoms with E-state index in [0.717, 1.165) is 26.4 Å². The second kappa shape index (κ2) is 6.26. The van der Waals surface area contributed by atoms with E-state index in [1.54, 1.807) is 30.0 Å². The summed E-state index contributed by atoms with van der Waals surface area (Å²) in [6, 6.07) is 12.9. The van der Waals surface area contributed by atoms with Gasteiger partial charge in [0.2, 0.25) is 0 Å². The van der Waals surface area contributed by atoms with Crippen molar-refractivity contribution in [1.82, 2.24) is 4.98 Å². The number of aryl methyl sites for hydroxylation is 1. The summed E-state index contributed by atoms with van der Waals surface area (Å²) >= 11 is 7.86. The van der Waals surface area contributed by atoms with Crippen LogP contribution in [0.3, 0.4) is 0 Å². The van der Waals surface area contributed by atoms with Gasteiger partial charge in [-0.05, 0) is 37.3 Å². The van der Waals surface area contributed by atoms with E-state index in [1.807, 2.05) is 31.2 Å². The Morgan fingerprint density at radius 1 is 1.18 bits per heavy atom. The number of H-pyrrole nitrogens is 1. The fourth-order valence-corrected chi connectivity index (χ4v) is 3.69. The highest BCUT2D eigenvalue weighted by Gasteiger charge is 2.14. The van der Waals surface area contributed by atoms with Gasteiger partial charge in [0.1, 0.15) is 5.75 Å². The first-order valence-electron chi connectivity index (χ1n) is 6.62. The fourth-order valence-electron chi connectivity index (χ4n) is 2.28. The molecule has 0 radical (unpaired) electrons. The molecule has 0 fully saturated rings. The summed E-state index contributed by atoms with van der Waals surface area (Å²) in [4.78, 5) is 5.28. The molecule has 0 unspecified atom stereocenters. The number of nitrogens with one attached hydrogen (secondary N) is 1. The van der Waals surface area contributed by atoms with Crippen LogP contribution in [0, 0.1) is 6.92 Å². The number of hydrogen-bond acceptors (Lipinski definition) is 4. The molecule has 112 valence electrons. The number of benzene rings is 2. The number of hydrogen-bond donors (Lipinski definition) is 3. The first-order chi connectivity index (χ1) is 10.5. The molecule has 3 aromatic rings. The second-order valence-corrected chi connectivity index (χ2v) is 6.25. The Morgan fingerprint density at radius 3 is 2.73 bits per heavy atom. The lowest BCUT2D eigenvalue weighted by Gasteiger charge is -2.07. The van der Waals surface area contributed by atoms with E-state index in [4.69, 9.17) is 26.3 Å². The first kappa shape index (κ1) is 15.3. The van der Waals surface area contributed by atoms with Crippen LogP contribution in [-0.4, -0.2) is 22.4 Å². The summed E-state index contributed by atoms with van der Waals surface area (Å²) in [6.45, 7) is 2.00. The molecule has 2 aromatic carbocycles. The van der Waals surface area contributed by atoms with Gasteiger partial charge < -0.3 is 19.7 Å². The highest BCUT2D eigenvalue weighted by molar-refractivity contribution is 7.99. The standard InChI is InChI=1S/C15H13BClNO3S/c1-9-15(14-12(17)6-3-7-13(14)18-9)22-11-5-2-4-10(8-11)21-16(19)20/h2-8,18-20H,1H3. The van der Waals surface area contributed by atoms with Crippen LogP contribution < -0.4 is 4.65 Å². The second-order valence-electron chi connectivity index (χ2n) is 4.76. The van der Waals surface area contributed by atoms with Gasteiger partial charge in [-0.2, -0.15) is 0 Å². The van der Waals surface area contributed by atoms with Gasteiger partial charge in [-0.3, -0.25) is 0 Å². The van der Waals surface area contributed by atoms with E-state index in [0.29, 0.717) is 10.8 Å². The largest absolute Gasteiger partial charge is 0.707 e. The molecule has 0 spiro atoms. The summed E-state index contributed by atoms with van der Waals surface area (Å²) in [5, 5.41) is 19.4. The number of fused-ring (bicyclic) bond motifs is 1.